The summed E-state index contributed by atoms with van der Waals surface area (Å²) in [7, 11) is 0. The number of nitrogens with two attached hydrogens (primary N) is 1. The lowest BCUT2D eigenvalue weighted by atomic mass is 10.2. The van der Waals surface area contributed by atoms with Crippen LogP contribution in [0, 0.1) is 5.82 Å². The van der Waals surface area contributed by atoms with E-state index in [9.17, 15) is 9.18 Å². The monoisotopic (exact) mass is 351 g/mol. The Morgan fingerprint density at radius 1 is 1.26 bits per heavy atom. The van der Waals surface area contributed by atoms with Gasteiger partial charge < -0.3 is 5.73 Å². The van der Waals surface area contributed by atoms with Crippen LogP contribution in [-0.2, 0) is 0 Å². The van der Waals surface area contributed by atoms with Crippen LogP contribution < -0.4 is 11.3 Å². The number of benzene rings is 2. The summed E-state index contributed by atoms with van der Waals surface area (Å²) in [5, 5.41) is 0.688. The number of rotatable bonds is 2. The Labute approximate surface area is 141 Å². The highest BCUT2D eigenvalue weighted by atomic mass is 35.5. The van der Waals surface area contributed by atoms with E-state index in [2.05, 4.69) is 4.98 Å². The minimum absolute atomic E-state index is 0.168. The predicted molar refractivity (Wildman–Crippen MR) is 89.9 cm³/mol. The van der Waals surface area contributed by atoms with Crippen LogP contribution in [0.1, 0.15) is 18.8 Å². The molecule has 0 radical (unpaired) electrons. The first-order chi connectivity index (χ1) is 10.9. The molecule has 1 aromatic heterocycles. The summed E-state index contributed by atoms with van der Waals surface area (Å²) in [6.45, 7) is 1.69. The first-order valence-electron chi connectivity index (χ1n) is 6.81. The lowest BCUT2D eigenvalue weighted by Gasteiger charge is -2.16. The van der Waals surface area contributed by atoms with Crippen LogP contribution in [0.2, 0.25) is 10.0 Å². The molecule has 1 unspecified atom stereocenters. The van der Waals surface area contributed by atoms with Crippen molar-refractivity contribution >= 4 is 34.1 Å². The molecule has 1 heterocycles. The van der Waals surface area contributed by atoms with E-state index in [4.69, 9.17) is 28.9 Å². The van der Waals surface area contributed by atoms with Crippen molar-refractivity contribution in [3.8, 4) is 5.69 Å². The van der Waals surface area contributed by atoms with Gasteiger partial charge in [-0.3, -0.25) is 9.36 Å². The fourth-order valence-corrected chi connectivity index (χ4v) is 2.90. The fourth-order valence-electron chi connectivity index (χ4n) is 2.43. The third-order valence-electron chi connectivity index (χ3n) is 3.39. The molecule has 0 aliphatic carbocycles. The van der Waals surface area contributed by atoms with Crippen LogP contribution in [0.3, 0.4) is 0 Å². The molecule has 7 heteroatoms. The topological polar surface area (TPSA) is 60.9 Å². The van der Waals surface area contributed by atoms with Gasteiger partial charge in [0, 0.05) is 5.02 Å². The number of fused-ring (bicyclic) bond motifs is 1. The molecular formula is C16H12Cl2FN3O. The largest absolute Gasteiger partial charge is 0.322 e. The summed E-state index contributed by atoms with van der Waals surface area (Å²) in [6, 6.07) is 8.26. The van der Waals surface area contributed by atoms with E-state index in [1.54, 1.807) is 25.1 Å². The van der Waals surface area contributed by atoms with Gasteiger partial charge in [-0.05, 0) is 37.3 Å². The maximum absolute atomic E-state index is 13.7. The summed E-state index contributed by atoms with van der Waals surface area (Å²) < 4.78 is 14.9. The molecule has 118 valence electrons. The first kappa shape index (κ1) is 15.9. The van der Waals surface area contributed by atoms with E-state index in [-0.39, 0.29) is 21.1 Å². The SMILES string of the molecule is CC(N)c1nc2cccc(Cl)c2c(=O)n1-c1cc(F)cc(Cl)c1. The third-order valence-corrected chi connectivity index (χ3v) is 3.92. The van der Waals surface area contributed by atoms with Crippen LogP contribution in [0.5, 0.6) is 0 Å². The molecule has 1 atom stereocenters. The average Bonchev–Trinajstić information content (AvgIpc) is 2.45. The van der Waals surface area contributed by atoms with Gasteiger partial charge in [0.1, 0.15) is 11.6 Å². The molecule has 0 fully saturated rings. The quantitative estimate of drug-likeness (QED) is 0.762. The molecule has 4 nitrogen and oxygen atoms in total. The lowest BCUT2D eigenvalue weighted by molar-refractivity contribution is 0.624. The Kier molecular flexibility index (Phi) is 4.10. The van der Waals surface area contributed by atoms with Crippen molar-refractivity contribution in [1.82, 2.24) is 9.55 Å². The van der Waals surface area contributed by atoms with Gasteiger partial charge in [-0.25, -0.2) is 9.37 Å². The standard InChI is InChI=1S/C16H12Cl2FN3O/c1-8(20)15-21-13-4-2-3-12(18)14(13)16(23)22(15)11-6-9(17)5-10(19)7-11/h2-8H,20H2,1H3. The summed E-state index contributed by atoms with van der Waals surface area (Å²) in [5.74, 6) is -0.263. The molecule has 2 N–H and O–H groups in total. The highest BCUT2D eigenvalue weighted by molar-refractivity contribution is 6.35. The average molecular weight is 352 g/mol. The summed E-state index contributed by atoms with van der Waals surface area (Å²) >= 11 is 12.0. The smallest absolute Gasteiger partial charge is 0.267 e. The highest BCUT2D eigenvalue weighted by Gasteiger charge is 2.18. The molecule has 0 aliphatic heterocycles. The molecule has 0 saturated heterocycles. The zero-order valence-electron chi connectivity index (χ0n) is 12.1. The van der Waals surface area contributed by atoms with Crippen molar-refractivity contribution in [3.63, 3.8) is 0 Å². The second-order valence-electron chi connectivity index (χ2n) is 5.16. The molecule has 0 bridgehead atoms. The Hall–Kier alpha value is -1.95. The molecule has 3 rings (SSSR count). The zero-order valence-corrected chi connectivity index (χ0v) is 13.6. The van der Waals surface area contributed by atoms with Gasteiger partial charge in [-0.1, -0.05) is 29.3 Å². The normalized spacial score (nSPS) is 12.6. The summed E-state index contributed by atoms with van der Waals surface area (Å²) in [5.41, 5.74) is 6.21. The van der Waals surface area contributed by atoms with Gasteiger partial charge in [0.25, 0.3) is 5.56 Å². The molecule has 23 heavy (non-hydrogen) atoms. The zero-order chi connectivity index (χ0) is 16.7. The molecule has 0 spiro atoms. The lowest BCUT2D eigenvalue weighted by Crippen LogP contribution is -2.27. The van der Waals surface area contributed by atoms with Crippen LogP contribution in [-0.4, -0.2) is 9.55 Å². The first-order valence-corrected chi connectivity index (χ1v) is 7.57. The molecule has 2 aromatic carbocycles. The maximum atomic E-state index is 13.7. The Balaban J connectivity index is 2.47. The maximum Gasteiger partial charge on any atom is 0.267 e. The van der Waals surface area contributed by atoms with E-state index in [0.29, 0.717) is 11.3 Å². The summed E-state index contributed by atoms with van der Waals surface area (Å²) in [6.07, 6.45) is 0. The minimum atomic E-state index is -0.561. The van der Waals surface area contributed by atoms with E-state index in [1.807, 2.05) is 0 Å². The van der Waals surface area contributed by atoms with Crippen molar-refractivity contribution in [3.05, 3.63) is 68.4 Å². The van der Waals surface area contributed by atoms with Gasteiger partial charge in [0.2, 0.25) is 0 Å². The van der Waals surface area contributed by atoms with E-state index >= 15 is 0 Å². The predicted octanol–water partition coefficient (Wildman–Crippen LogP) is 3.85. The van der Waals surface area contributed by atoms with Crippen LogP contribution in [0.25, 0.3) is 16.6 Å². The Morgan fingerprint density at radius 3 is 2.65 bits per heavy atom. The Bertz CT molecular complexity index is 949. The molecule has 0 aliphatic rings. The fraction of sp³-hybridized carbons (Fsp3) is 0.125. The van der Waals surface area contributed by atoms with Crippen LogP contribution in [0.4, 0.5) is 4.39 Å². The van der Waals surface area contributed by atoms with Gasteiger partial charge >= 0.3 is 0 Å². The van der Waals surface area contributed by atoms with E-state index in [0.717, 1.165) is 6.07 Å². The van der Waals surface area contributed by atoms with E-state index < -0.39 is 17.4 Å². The number of aromatic nitrogens is 2. The third kappa shape index (κ3) is 2.83. The van der Waals surface area contributed by atoms with Gasteiger partial charge in [-0.15, -0.1) is 0 Å². The Morgan fingerprint density at radius 2 is 2.00 bits per heavy atom. The van der Waals surface area contributed by atoms with Crippen LogP contribution in [0.15, 0.2) is 41.2 Å². The van der Waals surface area contributed by atoms with E-state index in [1.165, 1.54) is 16.7 Å². The van der Waals surface area contributed by atoms with Crippen molar-refractivity contribution in [1.29, 1.82) is 0 Å². The van der Waals surface area contributed by atoms with Gasteiger partial charge in [0.05, 0.1) is 27.7 Å². The molecular weight excluding hydrogens is 340 g/mol. The molecule has 0 amide bonds. The highest BCUT2D eigenvalue weighted by Crippen LogP contribution is 2.23. The van der Waals surface area contributed by atoms with Crippen molar-refractivity contribution in [2.45, 2.75) is 13.0 Å². The number of halogens is 3. The number of hydrogen-bond donors (Lipinski definition) is 1. The second kappa shape index (κ2) is 5.92. The molecule has 0 saturated carbocycles. The van der Waals surface area contributed by atoms with Gasteiger partial charge in [0.15, 0.2) is 0 Å². The second-order valence-corrected chi connectivity index (χ2v) is 6.00. The molecule has 3 aromatic rings. The van der Waals surface area contributed by atoms with Gasteiger partial charge in [-0.2, -0.15) is 0 Å². The van der Waals surface area contributed by atoms with Crippen molar-refractivity contribution in [2.75, 3.05) is 0 Å². The number of hydrogen-bond acceptors (Lipinski definition) is 3. The van der Waals surface area contributed by atoms with Crippen molar-refractivity contribution < 1.29 is 4.39 Å². The van der Waals surface area contributed by atoms with Crippen molar-refractivity contribution in [2.24, 2.45) is 5.73 Å². The minimum Gasteiger partial charge on any atom is -0.322 e. The summed E-state index contributed by atoms with van der Waals surface area (Å²) in [4.78, 5) is 17.3. The van der Waals surface area contributed by atoms with Crippen LogP contribution >= 0.6 is 23.2 Å². The number of nitrogens with zero attached hydrogens (tertiary/aromatic N) is 2.